The topological polar surface area (TPSA) is 26.3 Å². The molecule has 78 valence electrons. The Morgan fingerprint density at radius 1 is 1.62 bits per heavy atom. The molecule has 0 aromatic carbocycles. The molecule has 0 spiro atoms. The van der Waals surface area contributed by atoms with Gasteiger partial charge in [-0.15, -0.1) is 11.6 Å². The van der Waals surface area contributed by atoms with Gasteiger partial charge in [-0.05, 0) is 6.92 Å². The van der Waals surface area contributed by atoms with E-state index in [-0.39, 0.29) is 0 Å². The molecule has 6 heteroatoms. The van der Waals surface area contributed by atoms with Crippen LogP contribution in [0.1, 0.15) is 13.3 Å². The Morgan fingerprint density at radius 3 is 2.38 bits per heavy atom. The number of carbonyl (C=O) groups is 1. The number of halogens is 3. The molecule has 0 rings (SSSR count). The van der Waals surface area contributed by atoms with E-state index in [1.807, 2.05) is 0 Å². The lowest BCUT2D eigenvalue weighted by Crippen LogP contribution is -2.13. The van der Waals surface area contributed by atoms with Gasteiger partial charge < -0.3 is 4.74 Å². The number of alkyl halides is 2. The normalized spacial score (nSPS) is 11.1. The van der Waals surface area contributed by atoms with Gasteiger partial charge in [0.25, 0.3) is 0 Å². The predicted molar refractivity (Wildman–Crippen MR) is 61.7 cm³/mol. The van der Waals surface area contributed by atoms with E-state index < -0.39 is 11.5 Å². The molecule has 0 amide bonds. The lowest BCUT2D eigenvalue weighted by atomic mass is 10.4. The Bertz CT molecular complexity index is 164. The number of rotatable bonds is 4. The smallest absolute Gasteiger partial charge is 0.334 e. The van der Waals surface area contributed by atoms with E-state index in [0.717, 1.165) is 9.55 Å². The maximum atomic E-state index is 10.8. The molecule has 1 unspecified atom stereocenters. The molecule has 13 heavy (non-hydrogen) atoms. The van der Waals surface area contributed by atoms with Crippen molar-refractivity contribution >= 4 is 49.8 Å². The highest BCUT2D eigenvalue weighted by Gasteiger charge is 2.10. The Kier molecular flexibility index (Phi) is 12.6. The first-order valence-corrected chi connectivity index (χ1v) is 7.51. The highest BCUT2D eigenvalue weighted by Crippen LogP contribution is 2.07. The van der Waals surface area contributed by atoms with Crippen LogP contribution in [0.3, 0.4) is 0 Å². The zero-order valence-corrected chi connectivity index (χ0v) is 11.9. The van der Waals surface area contributed by atoms with E-state index in [1.54, 1.807) is 6.92 Å². The molecule has 0 aliphatic carbocycles. The third kappa shape index (κ3) is 10.2. The monoisotopic (exact) mass is 262 g/mol. The zero-order chi connectivity index (χ0) is 10.9. The second-order valence-electron chi connectivity index (χ2n) is 2.07. The average Bonchev–Trinajstić information content (AvgIpc) is 2.08. The van der Waals surface area contributed by atoms with Gasteiger partial charge in [0.15, 0.2) is 5.56 Å². The van der Waals surface area contributed by atoms with Crippen LogP contribution >= 0.6 is 34.3 Å². The molecule has 0 aliphatic heterocycles. The lowest BCUT2D eigenvalue weighted by molar-refractivity contribution is -0.140. The average molecular weight is 264 g/mol. The van der Waals surface area contributed by atoms with Crippen molar-refractivity contribution in [2.75, 3.05) is 5.88 Å². The molecule has 0 saturated heterocycles. The molecule has 0 N–H and O–H groups in total. The second-order valence-corrected chi connectivity index (χ2v) is 2.94. The van der Waals surface area contributed by atoms with Crippen molar-refractivity contribution < 1.29 is 9.53 Å². The van der Waals surface area contributed by atoms with Gasteiger partial charge in [0.05, 0.1) is 0 Å². The number of carbonyl (C=O) groups excluding carboxylic acids is 1. The Labute approximate surface area is 96.3 Å². The molecule has 0 bridgehead atoms. The fourth-order valence-corrected chi connectivity index (χ4v) is 0.861. The van der Waals surface area contributed by atoms with Crippen LogP contribution in [0.4, 0.5) is 0 Å². The number of hydrogen-bond acceptors (Lipinski definition) is 2. The molecule has 0 fully saturated rings. The van der Waals surface area contributed by atoms with Crippen LogP contribution in [-0.2, 0) is 9.53 Å². The van der Waals surface area contributed by atoms with Crippen molar-refractivity contribution in [3.05, 3.63) is 12.2 Å². The summed E-state index contributed by atoms with van der Waals surface area (Å²) in [7, 11) is 0.778. The number of ether oxygens (including phenoxy) is 1. The van der Waals surface area contributed by atoms with Crippen LogP contribution in [-0.4, -0.2) is 27.0 Å². The van der Waals surface area contributed by atoms with Crippen LogP contribution in [0.25, 0.3) is 0 Å². The summed E-state index contributed by atoms with van der Waals surface area (Å²) in [5.74, 6) is -0.104. The van der Waals surface area contributed by atoms with Crippen LogP contribution in [0.2, 0.25) is 0 Å². The first-order chi connectivity index (χ1) is 6.07. The molecule has 0 aromatic heterocycles. The van der Waals surface area contributed by atoms with E-state index >= 15 is 0 Å². The van der Waals surface area contributed by atoms with Crippen LogP contribution in [0, 0.1) is 0 Å². The van der Waals surface area contributed by atoms with Crippen molar-refractivity contribution in [3.8, 4) is 0 Å². The van der Waals surface area contributed by atoms with Gasteiger partial charge >= 0.3 is 5.97 Å². The zero-order valence-electron chi connectivity index (χ0n) is 7.65. The highest BCUT2D eigenvalue weighted by molar-refractivity contribution is 6.80. The Hall–Kier alpha value is 0.297. The van der Waals surface area contributed by atoms with Crippen LogP contribution < -0.4 is 0 Å². The van der Waals surface area contributed by atoms with Crippen molar-refractivity contribution in [3.63, 3.8) is 0 Å². The summed E-state index contributed by atoms with van der Waals surface area (Å²) >= 11 is 15.7. The maximum absolute atomic E-state index is 10.8. The van der Waals surface area contributed by atoms with Gasteiger partial charge in [0, 0.05) is 17.9 Å². The minimum atomic E-state index is -0.642. The van der Waals surface area contributed by atoms with Crippen molar-refractivity contribution in [1.29, 1.82) is 0 Å². The van der Waals surface area contributed by atoms with Gasteiger partial charge in [-0.3, -0.25) is 0 Å². The van der Waals surface area contributed by atoms with Crippen molar-refractivity contribution in [2.24, 2.45) is 0 Å². The van der Waals surface area contributed by atoms with Crippen molar-refractivity contribution in [1.82, 2.24) is 0 Å². The second kappa shape index (κ2) is 10.4. The van der Waals surface area contributed by atoms with E-state index in [9.17, 15) is 4.79 Å². The third-order valence-electron chi connectivity index (χ3n) is 0.919. The van der Waals surface area contributed by atoms with Crippen LogP contribution in [0.5, 0.6) is 0 Å². The molecule has 0 aromatic rings. The molecule has 2 nitrogen and oxygen atoms in total. The van der Waals surface area contributed by atoms with E-state index in [4.69, 9.17) is 39.0 Å². The summed E-state index contributed by atoms with van der Waals surface area (Å²) < 4.78 is 4.69. The Balaban J connectivity index is 0. The van der Waals surface area contributed by atoms with Gasteiger partial charge in [-0.1, -0.05) is 18.2 Å². The van der Waals surface area contributed by atoms with E-state index in [0.29, 0.717) is 17.9 Å². The SMILES string of the molecule is C=C(C)C(=O)OC(Cl)CCCl.[SiH3]Cl. The Morgan fingerprint density at radius 2 is 2.08 bits per heavy atom. The fraction of sp³-hybridized carbons (Fsp3) is 0.571. The third-order valence-corrected chi connectivity index (χ3v) is 1.44. The van der Waals surface area contributed by atoms with Crippen LogP contribution in [0.15, 0.2) is 12.2 Å². The molecular weight excluding hydrogens is 251 g/mol. The summed E-state index contributed by atoms with van der Waals surface area (Å²) in [6.45, 7) is 4.96. The minimum absolute atomic E-state index is 0.338. The maximum Gasteiger partial charge on any atom is 0.334 e. The summed E-state index contributed by atoms with van der Waals surface area (Å²) in [5.41, 5.74) is -0.304. The molecule has 1 atom stereocenters. The predicted octanol–water partition coefficient (Wildman–Crippen LogP) is 1.81. The highest BCUT2D eigenvalue weighted by atomic mass is 35.6. The first-order valence-electron chi connectivity index (χ1n) is 3.52. The summed E-state index contributed by atoms with van der Waals surface area (Å²) in [6.07, 6.45) is 0.447. The number of hydrogen-bond donors (Lipinski definition) is 0. The molecule has 0 heterocycles. The summed E-state index contributed by atoms with van der Waals surface area (Å²) in [6, 6.07) is 0. The lowest BCUT2D eigenvalue weighted by Gasteiger charge is -2.08. The fourth-order valence-electron chi connectivity index (χ4n) is 0.361. The van der Waals surface area contributed by atoms with Gasteiger partial charge in [0.1, 0.15) is 9.55 Å². The summed E-state index contributed by atoms with van der Waals surface area (Å²) in [5, 5.41) is 0. The standard InChI is InChI=1S/C7H10Cl2O2.ClH3Si/c1-5(2)7(10)11-6(9)3-4-8;1-2/h6H,1,3-4H2,2H3;2H3. The van der Waals surface area contributed by atoms with E-state index in [2.05, 4.69) is 6.58 Å². The first kappa shape index (κ1) is 15.8. The quantitative estimate of drug-likeness (QED) is 0.254. The molecular formula is C7H13Cl3O2Si. The largest absolute Gasteiger partial charge is 0.443 e. The van der Waals surface area contributed by atoms with Crippen molar-refractivity contribution in [2.45, 2.75) is 18.9 Å². The van der Waals surface area contributed by atoms with Gasteiger partial charge in [-0.2, -0.15) is 11.1 Å². The van der Waals surface area contributed by atoms with Gasteiger partial charge in [0.2, 0.25) is 0 Å². The van der Waals surface area contributed by atoms with E-state index in [1.165, 1.54) is 0 Å². The number of esters is 1. The molecule has 0 saturated carbocycles. The van der Waals surface area contributed by atoms with Gasteiger partial charge in [-0.25, -0.2) is 4.79 Å². The summed E-state index contributed by atoms with van der Waals surface area (Å²) in [4.78, 5) is 10.8. The molecule has 0 radical (unpaired) electrons. The molecule has 0 aliphatic rings. The minimum Gasteiger partial charge on any atom is -0.443 e.